The number of methoxy groups -OCH3 is 1. The van der Waals surface area contributed by atoms with Gasteiger partial charge in [0.1, 0.15) is 5.75 Å². The van der Waals surface area contributed by atoms with Gasteiger partial charge in [-0.2, -0.15) is 0 Å². The summed E-state index contributed by atoms with van der Waals surface area (Å²) in [6, 6.07) is 6.78. The van der Waals surface area contributed by atoms with E-state index in [1.165, 1.54) is 36.8 Å². The molecule has 0 aromatic heterocycles. The Morgan fingerprint density at radius 3 is 2.77 bits per heavy atom. The highest BCUT2D eigenvalue weighted by molar-refractivity contribution is 7.80. The molecule has 0 heterocycles. The van der Waals surface area contributed by atoms with Crippen LogP contribution >= 0.6 is 12.2 Å². The number of nitrogens with zero attached hydrogens (tertiary/aromatic N) is 1. The maximum Gasteiger partial charge on any atom is 0.169 e. The Morgan fingerprint density at radius 2 is 2.09 bits per heavy atom. The molecular weight excluding hydrogens is 292 g/mol. The van der Waals surface area contributed by atoms with Crippen LogP contribution in [0.3, 0.4) is 0 Å². The average Bonchev–Trinajstić information content (AvgIpc) is 2.49. The molecule has 4 heteroatoms. The van der Waals surface area contributed by atoms with Crippen LogP contribution in [0.2, 0.25) is 0 Å². The van der Waals surface area contributed by atoms with E-state index in [4.69, 9.17) is 17.0 Å². The molecule has 122 valence electrons. The number of thiocarbonyl (C=S) groups is 1. The SMILES string of the molecule is COc1ccc(C)cc1CN(C)C(=S)N[C@@H]1CCCC[C@H]1C. The van der Waals surface area contributed by atoms with Crippen LogP contribution in [-0.4, -0.2) is 30.2 Å². The van der Waals surface area contributed by atoms with Crippen molar-refractivity contribution in [1.82, 2.24) is 10.2 Å². The van der Waals surface area contributed by atoms with E-state index in [-0.39, 0.29) is 0 Å². The van der Waals surface area contributed by atoms with Gasteiger partial charge in [0.2, 0.25) is 0 Å². The van der Waals surface area contributed by atoms with Crippen LogP contribution < -0.4 is 10.1 Å². The summed E-state index contributed by atoms with van der Waals surface area (Å²) in [6.07, 6.45) is 5.18. The zero-order valence-corrected chi connectivity index (χ0v) is 15.0. The highest BCUT2D eigenvalue weighted by Crippen LogP contribution is 2.24. The van der Waals surface area contributed by atoms with Gasteiger partial charge in [0, 0.05) is 25.2 Å². The second-order valence-electron chi connectivity index (χ2n) is 6.49. The second kappa shape index (κ2) is 7.82. The average molecular weight is 321 g/mol. The third-order valence-corrected chi connectivity index (χ3v) is 5.04. The van der Waals surface area contributed by atoms with Gasteiger partial charge in [-0.1, -0.05) is 37.5 Å². The molecule has 2 atom stereocenters. The molecule has 1 aromatic rings. The van der Waals surface area contributed by atoms with Gasteiger partial charge in [0.05, 0.1) is 7.11 Å². The van der Waals surface area contributed by atoms with Crippen LogP contribution in [0.25, 0.3) is 0 Å². The fraction of sp³-hybridized carbons (Fsp3) is 0.611. The summed E-state index contributed by atoms with van der Waals surface area (Å²) in [4.78, 5) is 2.11. The van der Waals surface area contributed by atoms with Gasteiger partial charge in [0.15, 0.2) is 5.11 Å². The molecule has 0 bridgehead atoms. The second-order valence-corrected chi connectivity index (χ2v) is 6.88. The van der Waals surface area contributed by atoms with Crippen molar-refractivity contribution in [2.75, 3.05) is 14.2 Å². The first-order valence-electron chi connectivity index (χ1n) is 8.16. The molecule has 3 nitrogen and oxygen atoms in total. The number of rotatable bonds is 4. The summed E-state index contributed by atoms with van der Waals surface area (Å²) in [7, 11) is 3.76. The molecule has 0 saturated heterocycles. The van der Waals surface area contributed by atoms with Crippen molar-refractivity contribution in [3.8, 4) is 5.75 Å². The molecule has 1 saturated carbocycles. The van der Waals surface area contributed by atoms with Crippen molar-refractivity contribution in [2.45, 2.75) is 52.1 Å². The Morgan fingerprint density at radius 1 is 1.36 bits per heavy atom. The third-order valence-electron chi connectivity index (χ3n) is 4.61. The summed E-state index contributed by atoms with van der Waals surface area (Å²) in [5.41, 5.74) is 2.41. The van der Waals surface area contributed by atoms with Gasteiger partial charge in [0.25, 0.3) is 0 Å². The smallest absolute Gasteiger partial charge is 0.169 e. The number of aryl methyl sites for hydroxylation is 1. The topological polar surface area (TPSA) is 24.5 Å². The number of ether oxygens (including phenoxy) is 1. The number of benzene rings is 1. The molecule has 1 N–H and O–H groups in total. The number of hydrogen-bond donors (Lipinski definition) is 1. The largest absolute Gasteiger partial charge is 0.496 e. The molecule has 0 spiro atoms. The molecule has 1 aliphatic carbocycles. The first-order chi connectivity index (χ1) is 10.5. The van der Waals surface area contributed by atoms with Crippen molar-refractivity contribution in [3.63, 3.8) is 0 Å². The van der Waals surface area contributed by atoms with E-state index in [0.29, 0.717) is 12.0 Å². The first-order valence-corrected chi connectivity index (χ1v) is 8.57. The number of hydrogen-bond acceptors (Lipinski definition) is 2. The van der Waals surface area contributed by atoms with E-state index in [1.807, 2.05) is 13.1 Å². The normalized spacial score (nSPS) is 21.3. The van der Waals surface area contributed by atoms with E-state index < -0.39 is 0 Å². The molecule has 22 heavy (non-hydrogen) atoms. The minimum atomic E-state index is 0.517. The molecule has 0 amide bonds. The predicted octanol–water partition coefficient (Wildman–Crippen LogP) is 3.89. The molecular formula is C18H28N2OS. The fourth-order valence-electron chi connectivity index (χ4n) is 3.16. The Kier molecular flexibility index (Phi) is 6.07. The van der Waals surface area contributed by atoms with Gasteiger partial charge < -0.3 is 15.0 Å². The summed E-state index contributed by atoms with van der Waals surface area (Å²) in [5.74, 6) is 1.62. The lowest BCUT2D eigenvalue weighted by molar-refractivity contribution is 0.300. The van der Waals surface area contributed by atoms with E-state index >= 15 is 0 Å². The monoisotopic (exact) mass is 320 g/mol. The maximum absolute atomic E-state index is 5.60. The molecule has 0 radical (unpaired) electrons. The van der Waals surface area contributed by atoms with E-state index in [1.54, 1.807) is 7.11 Å². The lowest BCUT2D eigenvalue weighted by Crippen LogP contribution is -2.46. The van der Waals surface area contributed by atoms with Crippen molar-refractivity contribution >= 4 is 17.3 Å². The van der Waals surface area contributed by atoms with E-state index in [2.05, 4.69) is 36.2 Å². The van der Waals surface area contributed by atoms with Crippen LogP contribution in [0.1, 0.15) is 43.7 Å². The molecule has 1 aliphatic rings. The van der Waals surface area contributed by atoms with Gasteiger partial charge in [-0.05, 0) is 44.0 Å². The minimum absolute atomic E-state index is 0.517. The minimum Gasteiger partial charge on any atom is -0.496 e. The van der Waals surface area contributed by atoms with Crippen LogP contribution in [0.5, 0.6) is 5.75 Å². The first kappa shape index (κ1) is 17.1. The van der Waals surface area contributed by atoms with Crippen LogP contribution in [0, 0.1) is 12.8 Å². The Labute approximate surface area is 140 Å². The zero-order chi connectivity index (χ0) is 16.1. The fourth-order valence-corrected chi connectivity index (χ4v) is 3.37. The standard InChI is InChI=1S/C18H28N2OS/c1-13-9-10-17(21-4)15(11-13)12-20(3)18(22)19-16-8-6-5-7-14(16)2/h9-11,14,16H,5-8,12H2,1-4H3,(H,19,22)/t14-,16-/m1/s1. The number of nitrogens with one attached hydrogen (secondary N) is 1. The maximum atomic E-state index is 5.60. The summed E-state index contributed by atoms with van der Waals surface area (Å²) in [6.45, 7) is 5.18. The highest BCUT2D eigenvalue weighted by Gasteiger charge is 2.22. The highest BCUT2D eigenvalue weighted by atomic mass is 32.1. The molecule has 1 fully saturated rings. The lowest BCUT2D eigenvalue weighted by Gasteiger charge is -2.33. The summed E-state index contributed by atoms with van der Waals surface area (Å²) >= 11 is 5.60. The molecule has 0 unspecified atom stereocenters. The summed E-state index contributed by atoms with van der Waals surface area (Å²) < 4.78 is 5.46. The molecule has 0 aliphatic heterocycles. The zero-order valence-electron chi connectivity index (χ0n) is 14.2. The van der Waals surface area contributed by atoms with Gasteiger partial charge in [-0.15, -0.1) is 0 Å². The van der Waals surface area contributed by atoms with Crippen LogP contribution in [-0.2, 0) is 6.54 Å². The van der Waals surface area contributed by atoms with Crippen LogP contribution in [0.4, 0.5) is 0 Å². The summed E-state index contributed by atoms with van der Waals surface area (Å²) in [5, 5.41) is 4.39. The van der Waals surface area contributed by atoms with E-state index in [9.17, 15) is 0 Å². The van der Waals surface area contributed by atoms with Gasteiger partial charge >= 0.3 is 0 Å². The molecule has 1 aromatic carbocycles. The van der Waals surface area contributed by atoms with Gasteiger partial charge in [-0.25, -0.2) is 0 Å². The van der Waals surface area contributed by atoms with Crippen molar-refractivity contribution < 1.29 is 4.74 Å². The Bertz CT molecular complexity index is 518. The third kappa shape index (κ3) is 4.35. The van der Waals surface area contributed by atoms with Crippen LogP contribution in [0.15, 0.2) is 18.2 Å². The predicted molar refractivity (Wildman–Crippen MR) is 96.4 cm³/mol. The lowest BCUT2D eigenvalue weighted by atomic mass is 9.86. The Hall–Kier alpha value is -1.29. The molecule has 2 rings (SSSR count). The Balaban J connectivity index is 1.97. The van der Waals surface area contributed by atoms with Crippen molar-refractivity contribution in [2.24, 2.45) is 5.92 Å². The van der Waals surface area contributed by atoms with Crippen molar-refractivity contribution in [1.29, 1.82) is 0 Å². The van der Waals surface area contributed by atoms with Gasteiger partial charge in [-0.3, -0.25) is 0 Å². The van der Waals surface area contributed by atoms with E-state index in [0.717, 1.165) is 17.4 Å². The quantitative estimate of drug-likeness (QED) is 0.851. The van der Waals surface area contributed by atoms with Crippen molar-refractivity contribution in [3.05, 3.63) is 29.3 Å².